The number of hydrogen-bond donors (Lipinski definition) is 0. The third-order valence-electron chi connectivity index (χ3n) is 4.12. The smallest absolute Gasteiger partial charge is 0.170 e. The number of methoxy groups -OCH3 is 1. The maximum Gasteiger partial charge on any atom is 0.170 e. The van der Waals surface area contributed by atoms with Crippen LogP contribution in [0.25, 0.3) is 0 Å². The van der Waals surface area contributed by atoms with Crippen molar-refractivity contribution in [1.82, 2.24) is 0 Å². The molecular formula is C18H17ClO2. The van der Waals surface area contributed by atoms with Gasteiger partial charge < -0.3 is 4.74 Å². The lowest BCUT2D eigenvalue weighted by Gasteiger charge is -2.24. The van der Waals surface area contributed by atoms with Crippen molar-refractivity contribution in [3.8, 4) is 5.75 Å². The fourth-order valence-corrected chi connectivity index (χ4v) is 3.24. The van der Waals surface area contributed by atoms with Crippen LogP contribution in [0.2, 0.25) is 5.02 Å². The van der Waals surface area contributed by atoms with Crippen LogP contribution in [-0.4, -0.2) is 12.9 Å². The van der Waals surface area contributed by atoms with E-state index in [2.05, 4.69) is 12.1 Å². The van der Waals surface area contributed by atoms with E-state index in [0.29, 0.717) is 16.3 Å². The molecule has 3 heteroatoms. The molecule has 0 amide bonds. The number of ketones is 1. The first-order chi connectivity index (χ1) is 10.2. The van der Waals surface area contributed by atoms with Crippen LogP contribution in [0.4, 0.5) is 0 Å². The number of ether oxygens (including phenoxy) is 1. The first-order valence-electron chi connectivity index (χ1n) is 7.16. The Morgan fingerprint density at radius 1 is 1.24 bits per heavy atom. The minimum atomic E-state index is -0.0548. The largest absolute Gasteiger partial charge is 0.495 e. The number of Topliss-reactive ketones (excluding diaryl/α,β-unsaturated/α-hetero) is 1. The number of rotatable bonds is 3. The molecule has 0 saturated carbocycles. The Bertz CT molecular complexity index is 679. The molecule has 3 rings (SSSR count). The second-order valence-corrected chi connectivity index (χ2v) is 5.76. The fourth-order valence-electron chi connectivity index (χ4n) is 3.04. The minimum absolute atomic E-state index is 0.0548. The zero-order chi connectivity index (χ0) is 14.8. The third kappa shape index (κ3) is 2.68. The van der Waals surface area contributed by atoms with E-state index in [4.69, 9.17) is 16.3 Å². The van der Waals surface area contributed by atoms with Gasteiger partial charge in [0.15, 0.2) is 5.78 Å². The predicted molar refractivity (Wildman–Crippen MR) is 84.5 cm³/mol. The predicted octanol–water partition coefficient (Wildman–Crippen LogP) is 4.65. The molecule has 108 valence electrons. The van der Waals surface area contributed by atoms with Crippen LogP contribution in [0.15, 0.2) is 42.5 Å². The molecule has 0 fully saturated rings. The molecule has 2 nitrogen and oxygen atoms in total. The Morgan fingerprint density at radius 2 is 2.05 bits per heavy atom. The summed E-state index contributed by atoms with van der Waals surface area (Å²) in [6.45, 7) is 0. The van der Waals surface area contributed by atoms with Crippen molar-refractivity contribution in [2.24, 2.45) is 0 Å². The van der Waals surface area contributed by atoms with Crippen LogP contribution < -0.4 is 4.74 Å². The first-order valence-corrected chi connectivity index (χ1v) is 7.54. The Hall–Kier alpha value is -1.80. The molecule has 1 aliphatic rings. The van der Waals surface area contributed by atoms with E-state index in [-0.39, 0.29) is 11.7 Å². The summed E-state index contributed by atoms with van der Waals surface area (Å²) in [6.07, 6.45) is 3.02. The summed E-state index contributed by atoms with van der Waals surface area (Å²) in [6, 6.07) is 13.5. The molecule has 0 aromatic heterocycles. The molecular weight excluding hydrogens is 284 g/mol. The summed E-state index contributed by atoms with van der Waals surface area (Å²) >= 11 is 6.03. The van der Waals surface area contributed by atoms with Crippen LogP contribution in [0.5, 0.6) is 5.75 Å². The van der Waals surface area contributed by atoms with E-state index in [9.17, 15) is 4.79 Å². The third-order valence-corrected chi connectivity index (χ3v) is 4.43. The van der Waals surface area contributed by atoms with E-state index in [0.717, 1.165) is 19.3 Å². The van der Waals surface area contributed by atoms with Crippen LogP contribution >= 0.6 is 11.6 Å². The van der Waals surface area contributed by atoms with Gasteiger partial charge in [-0.2, -0.15) is 0 Å². The molecule has 21 heavy (non-hydrogen) atoms. The summed E-state index contributed by atoms with van der Waals surface area (Å²) in [5.41, 5.74) is 3.13. The van der Waals surface area contributed by atoms with Gasteiger partial charge in [0.2, 0.25) is 0 Å². The van der Waals surface area contributed by atoms with Gasteiger partial charge >= 0.3 is 0 Å². The lowest BCUT2D eigenvalue weighted by atomic mass is 9.79. The molecule has 0 N–H and O–H groups in total. The lowest BCUT2D eigenvalue weighted by molar-refractivity contribution is 0.0950. The van der Waals surface area contributed by atoms with E-state index >= 15 is 0 Å². The Kier molecular flexibility index (Phi) is 3.98. The van der Waals surface area contributed by atoms with Crippen LogP contribution in [0, 0.1) is 0 Å². The van der Waals surface area contributed by atoms with Gasteiger partial charge in [0.05, 0.1) is 12.1 Å². The Labute approximate surface area is 129 Å². The van der Waals surface area contributed by atoms with Gasteiger partial charge in [0.1, 0.15) is 5.75 Å². The number of fused-ring (bicyclic) bond motifs is 1. The molecule has 1 unspecified atom stereocenters. The SMILES string of the molecule is COc1cc(C(=O)C2CCCc3ccccc32)ccc1Cl. The van der Waals surface area contributed by atoms with Crippen molar-refractivity contribution in [3.63, 3.8) is 0 Å². The summed E-state index contributed by atoms with van der Waals surface area (Å²) in [4.78, 5) is 12.8. The summed E-state index contributed by atoms with van der Waals surface area (Å²) in [5.74, 6) is 0.643. The second-order valence-electron chi connectivity index (χ2n) is 5.36. The van der Waals surface area contributed by atoms with Gasteiger partial charge in [0, 0.05) is 11.5 Å². The van der Waals surface area contributed by atoms with Gasteiger partial charge in [-0.3, -0.25) is 4.79 Å². The van der Waals surface area contributed by atoms with Crippen molar-refractivity contribution in [1.29, 1.82) is 0 Å². The summed E-state index contributed by atoms with van der Waals surface area (Å²) in [7, 11) is 1.56. The van der Waals surface area contributed by atoms with Crippen LogP contribution in [-0.2, 0) is 6.42 Å². The van der Waals surface area contributed by atoms with E-state index in [1.807, 2.05) is 12.1 Å². The van der Waals surface area contributed by atoms with Gasteiger partial charge in [-0.25, -0.2) is 0 Å². The van der Waals surface area contributed by atoms with E-state index in [1.165, 1.54) is 11.1 Å². The number of carbonyl (C=O) groups excluding carboxylic acids is 1. The number of carbonyl (C=O) groups is 1. The van der Waals surface area contributed by atoms with Gasteiger partial charge in [-0.05, 0) is 48.6 Å². The number of benzene rings is 2. The van der Waals surface area contributed by atoms with Crippen LogP contribution in [0.3, 0.4) is 0 Å². The van der Waals surface area contributed by atoms with E-state index in [1.54, 1.807) is 25.3 Å². The molecule has 2 aromatic carbocycles. The summed E-state index contributed by atoms with van der Waals surface area (Å²) < 4.78 is 5.21. The van der Waals surface area contributed by atoms with Crippen LogP contribution in [0.1, 0.15) is 40.2 Å². The van der Waals surface area contributed by atoms with Gasteiger partial charge in [0.25, 0.3) is 0 Å². The topological polar surface area (TPSA) is 26.3 Å². The number of aryl methyl sites for hydroxylation is 1. The molecule has 2 aromatic rings. The highest BCUT2D eigenvalue weighted by Crippen LogP contribution is 2.35. The molecule has 1 aliphatic carbocycles. The van der Waals surface area contributed by atoms with Crippen molar-refractivity contribution in [3.05, 3.63) is 64.2 Å². The maximum atomic E-state index is 12.8. The zero-order valence-electron chi connectivity index (χ0n) is 11.9. The number of hydrogen-bond acceptors (Lipinski definition) is 2. The quantitative estimate of drug-likeness (QED) is 0.771. The molecule has 0 bridgehead atoms. The lowest BCUT2D eigenvalue weighted by Crippen LogP contribution is -2.18. The molecule has 0 heterocycles. The second kappa shape index (κ2) is 5.90. The molecule has 0 radical (unpaired) electrons. The maximum absolute atomic E-state index is 12.8. The molecule has 1 atom stereocenters. The van der Waals surface area contributed by atoms with Crippen molar-refractivity contribution >= 4 is 17.4 Å². The highest BCUT2D eigenvalue weighted by molar-refractivity contribution is 6.32. The standard InChI is InChI=1S/C18H17ClO2/c1-21-17-11-13(9-10-16(17)19)18(20)15-8-4-6-12-5-2-3-7-14(12)15/h2-3,5,7,9-11,15H,4,6,8H2,1H3. The fraction of sp³-hybridized carbons (Fsp3) is 0.278. The normalized spacial score (nSPS) is 17.1. The Morgan fingerprint density at radius 3 is 2.86 bits per heavy atom. The highest BCUT2D eigenvalue weighted by atomic mass is 35.5. The molecule has 0 aliphatic heterocycles. The van der Waals surface area contributed by atoms with Gasteiger partial charge in [-0.15, -0.1) is 0 Å². The zero-order valence-corrected chi connectivity index (χ0v) is 12.7. The van der Waals surface area contributed by atoms with Crippen molar-refractivity contribution in [2.45, 2.75) is 25.2 Å². The molecule has 0 saturated heterocycles. The average Bonchev–Trinajstić information content (AvgIpc) is 2.54. The first kappa shape index (κ1) is 14.2. The van der Waals surface area contributed by atoms with E-state index < -0.39 is 0 Å². The highest BCUT2D eigenvalue weighted by Gasteiger charge is 2.27. The van der Waals surface area contributed by atoms with Crippen molar-refractivity contribution < 1.29 is 9.53 Å². The summed E-state index contributed by atoms with van der Waals surface area (Å²) in [5, 5.41) is 0.526. The number of halogens is 1. The average molecular weight is 301 g/mol. The monoisotopic (exact) mass is 300 g/mol. The van der Waals surface area contributed by atoms with Crippen molar-refractivity contribution in [2.75, 3.05) is 7.11 Å². The molecule has 0 spiro atoms. The minimum Gasteiger partial charge on any atom is -0.495 e. The van der Waals surface area contributed by atoms with Gasteiger partial charge in [-0.1, -0.05) is 35.9 Å². The Balaban J connectivity index is 1.96.